The first-order chi connectivity index (χ1) is 13.3. The summed E-state index contributed by atoms with van der Waals surface area (Å²) >= 11 is 5.96. The highest BCUT2D eigenvalue weighted by Crippen LogP contribution is 2.24. The smallest absolute Gasteiger partial charge is 0.229 e. The van der Waals surface area contributed by atoms with Gasteiger partial charge in [-0.2, -0.15) is 4.98 Å². The molecule has 0 spiro atoms. The Kier molecular flexibility index (Phi) is 5.17. The Balaban J connectivity index is 1.57. The van der Waals surface area contributed by atoms with Gasteiger partial charge in [-0.1, -0.05) is 54.1 Å². The molecule has 27 heavy (non-hydrogen) atoms. The first-order valence-corrected chi connectivity index (χ1v) is 9.23. The third-order valence-electron chi connectivity index (χ3n) is 4.25. The second-order valence-electron chi connectivity index (χ2n) is 6.21. The van der Waals surface area contributed by atoms with E-state index in [9.17, 15) is 0 Å². The maximum atomic E-state index is 5.96. The van der Waals surface area contributed by atoms with Crippen molar-refractivity contribution in [1.29, 1.82) is 0 Å². The first kappa shape index (κ1) is 17.3. The number of anilines is 3. The van der Waals surface area contributed by atoms with Crippen molar-refractivity contribution in [3.05, 3.63) is 89.4 Å². The SMILES string of the molecule is Clc1ccc(Nc2nc(NCCc3ccccc3)c3ccccc3n2)cc1. The van der Waals surface area contributed by atoms with Crippen LogP contribution < -0.4 is 10.6 Å². The molecule has 0 aliphatic carbocycles. The van der Waals surface area contributed by atoms with Crippen LogP contribution in [0.5, 0.6) is 0 Å². The molecule has 0 bridgehead atoms. The summed E-state index contributed by atoms with van der Waals surface area (Å²) < 4.78 is 0. The van der Waals surface area contributed by atoms with Gasteiger partial charge in [0.25, 0.3) is 0 Å². The van der Waals surface area contributed by atoms with Crippen molar-refractivity contribution < 1.29 is 0 Å². The van der Waals surface area contributed by atoms with E-state index < -0.39 is 0 Å². The zero-order valence-corrected chi connectivity index (χ0v) is 15.4. The monoisotopic (exact) mass is 374 g/mol. The van der Waals surface area contributed by atoms with E-state index in [-0.39, 0.29) is 0 Å². The van der Waals surface area contributed by atoms with E-state index in [1.807, 2.05) is 54.6 Å². The Bertz CT molecular complexity index is 1030. The van der Waals surface area contributed by atoms with Gasteiger partial charge >= 0.3 is 0 Å². The van der Waals surface area contributed by atoms with Crippen molar-refractivity contribution in [3.63, 3.8) is 0 Å². The topological polar surface area (TPSA) is 49.8 Å². The van der Waals surface area contributed by atoms with E-state index >= 15 is 0 Å². The Morgan fingerprint density at radius 1 is 0.778 bits per heavy atom. The molecule has 5 heteroatoms. The lowest BCUT2D eigenvalue weighted by atomic mass is 10.1. The highest BCUT2D eigenvalue weighted by Gasteiger charge is 2.08. The molecule has 0 fully saturated rings. The van der Waals surface area contributed by atoms with Crippen molar-refractivity contribution in [3.8, 4) is 0 Å². The molecule has 1 aromatic heterocycles. The number of benzene rings is 3. The van der Waals surface area contributed by atoms with Crippen LogP contribution in [0.1, 0.15) is 5.56 Å². The third kappa shape index (κ3) is 4.36. The zero-order valence-electron chi connectivity index (χ0n) is 14.7. The van der Waals surface area contributed by atoms with Crippen LogP contribution >= 0.6 is 11.6 Å². The van der Waals surface area contributed by atoms with Gasteiger partial charge in [0.1, 0.15) is 5.82 Å². The molecule has 1 heterocycles. The van der Waals surface area contributed by atoms with Crippen LogP contribution in [0.2, 0.25) is 5.02 Å². The highest BCUT2D eigenvalue weighted by molar-refractivity contribution is 6.30. The molecule has 3 aromatic carbocycles. The molecule has 134 valence electrons. The van der Waals surface area contributed by atoms with Gasteiger partial charge in [-0.05, 0) is 48.4 Å². The largest absolute Gasteiger partial charge is 0.369 e. The molecule has 4 rings (SSSR count). The molecule has 0 amide bonds. The number of rotatable bonds is 6. The van der Waals surface area contributed by atoms with E-state index in [2.05, 4.69) is 44.9 Å². The van der Waals surface area contributed by atoms with Crippen LogP contribution in [0.4, 0.5) is 17.5 Å². The zero-order chi connectivity index (χ0) is 18.5. The molecule has 0 unspecified atom stereocenters. The predicted octanol–water partition coefficient (Wildman–Crippen LogP) is 5.68. The van der Waals surface area contributed by atoms with Crippen LogP contribution in [0.3, 0.4) is 0 Å². The number of fused-ring (bicyclic) bond motifs is 1. The molecule has 0 saturated heterocycles. The summed E-state index contributed by atoms with van der Waals surface area (Å²) in [6.07, 6.45) is 0.930. The minimum Gasteiger partial charge on any atom is -0.369 e. The van der Waals surface area contributed by atoms with Crippen LogP contribution in [0, 0.1) is 0 Å². The van der Waals surface area contributed by atoms with Crippen LogP contribution in [0.25, 0.3) is 10.9 Å². The molecular formula is C22H19ClN4. The van der Waals surface area contributed by atoms with Gasteiger partial charge in [0.05, 0.1) is 5.52 Å². The standard InChI is InChI=1S/C22H19ClN4/c23-17-10-12-18(13-11-17)25-22-26-20-9-5-4-8-19(20)21(27-22)24-15-14-16-6-2-1-3-7-16/h1-13H,14-15H2,(H2,24,25,26,27). The van der Waals surface area contributed by atoms with E-state index in [1.165, 1.54) is 5.56 Å². The fourth-order valence-electron chi connectivity index (χ4n) is 2.90. The Labute approximate surface area is 163 Å². The summed E-state index contributed by atoms with van der Waals surface area (Å²) in [5, 5.41) is 8.41. The van der Waals surface area contributed by atoms with Crippen LogP contribution in [0.15, 0.2) is 78.9 Å². The van der Waals surface area contributed by atoms with Crippen molar-refractivity contribution >= 4 is 40.0 Å². The number of aromatic nitrogens is 2. The average molecular weight is 375 g/mol. The van der Waals surface area contributed by atoms with E-state index in [4.69, 9.17) is 11.6 Å². The molecule has 4 nitrogen and oxygen atoms in total. The van der Waals surface area contributed by atoms with Crippen molar-refractivity contribution in [2.45, 2.75) is 6.42 Å². The maximum absolute atomic E-state index is 5.96. The molecule has 0 radical (unpaired) electrons. The normalized spacial score (nSPS) is 10.7. The van der Waals surface area contributed by atoms with Gasteiger partial charge in [-0.15, -0.1) is 0 Å². The van der Waals surface area contributed by atoms with Gasteiger partial charge < -0.3 is 10.6 Å². The molecular weight excluding hydrogens is 356 g/mol. The number of para-hydroxylation sites is 1. The van der Waals surface area contributed by atoms with Gasteiger partial charge in [-0.25, -0.2) is 4.98 Å². The average Bonchev–Trinajstić information content (AvgIpc) is 2.70. The molecule has 0 atom stereocenters. The van der Waals surface area contributed by atoms with Gasteiger partial charge in [-0.3, -0.25) is 0 Å². The van der Waals surface area contributed by atoms with Gasteiger partial charge in [0.15, 0.2) is 0 Å². The van der Waals surface area contributed by atoms with E-state index in [0.717, 1.165) is 35.4 Å². The second kappa shape index (κ2) is 8.06. The van der Waals surface area contributed by atoms with E-state index in [0.29, 0.717) is 11.0 Å². The van der Waals surface area contributed by atoms with Gasteiger partial charge in [0.2, 0.25) is 5.95 Å². The minimum absolute atomic E-state index is 0.554. The molecule has 4 aromatic rings. The van der Waals surface area contributed by atoms with E-state index in [1.54, 1.807) is 0 Å². The minimum atomic E-state index is 0.554. The number of hydrogen-bond acceptors (Lipinski definition) is 4. The molecule has 0 aliphatic rings. The van der Waals surface area contributed by atoms with Gasteiger partial charge in [0, 0.05) is 22.6 Å². The summed E-state index contributed by atoms with van der Waals surface area (Å²) in [5.74, 6) is 1.38. The third-order valence-corrected chi connectivity index (χ3v) is 4.50. The van der Waals surface area contributed by atoms with Crippen LogP contribution in [-0.4, -0.2) is 16.5 Å². The summed E-state index contributed by atoms with van der Waals surface area (Å²) in [4.78, 5) is 9.31. The Hall–Kier alpha value is -3.11. The predicted molar refractivity (Wildman–Crippen MR) is 113 cm³/mol. The maximum Gasteiger partial charge on any atom is 0.229 e. The van der Waals surface area contributed by atoms with Crippen molar-refractivity contribution in [1.82, 2.24) is 9.97 Å². The molecule has 0 saturated carbocycles. The Morgan fingerprint density at radius 2 is 1.52 bits per heavy atom. The summed E-state index contributed by atoms with van der Waals surface area (Å²) in [6.45, 7) is 0.797. The number of nitrogens with one attached hydrogen (secondary N) is 2. The number of halogens is 1. The second-order valence-corrected chi connectivity index (χ2v) is 6.64. The summed E-state index contributed by atoms with van der Waals surface area (Å²) in [5.41, 5.74) is 3.08. The fraction of sp³-hybridized carbons (Fsp3) is 0.0909. The molecule has 0 aliphatic heterocycles. The lowest BCUT2D eigenvalue weighted by molar-refractivity contribution is 1.01. The number of hydrogen-bond donors (Lipinski definition) is 2. The van der Waals surface area contributed by atoms with Crippen LogP contribution in [-0.2, 0) is 6.42 Å². The first-order valence-electron chi connectivity index (χ1n) is 8.85. The van der Waals surface area contributed by atoms with Crippen molar-refractivity contribution in [2.24, 2.45) is 0 Å². The van der Waals surface area contributed by atoms with Crippen molar-refractivity contribution in [2.75, 3.05) is 17.2 Å². The summed E-state index contributed by atoms with van der Waals surface area (Å²) in [6, 6.07) is 25.9. The lowest BCUT2D eigenvalue weighted by Gasteiger charge is -2.12. The quantitative estimate of drug-likeness (QED) is 0.455. The Morgan fingerprint density at radius 3 is 2.33 bits per heavy atom. The summed E-state index contributed by atoms with van der Waals surface area (Å²) in [7, 11) is 0. The number of nitrogens with zero attached hydrogens (tertiary/aromatic N) is 2. The lowest BCUT2D eigenvalue weighted by Crippen LogP contribution is -2.09. The fourth-order valence-corrected chi connectivity index (χ4v) is 3.03. The molecule has 2 N–H and O–H groups in total. The highest BCUT2D eigenvalue weighted by atomic mass is 35.5.